The third kappa shape index (κ3) is 1.14. The maximum absolute atomic E-state index is 5.35. The van der Waals surface area contributed by atoms with Crippen LogP contribution in [-0.2, 0) is 0 Å². The number of nitrogens with zero attached hydrogens (tertiary/aromatic N) is 1. The molecule has 0 amide bonds. The van der Waals surface area contributed by atoms with Gasteiger partial charge in [0.1, 0.15) is 6.26 Å². The fraction of sp³-hybridized carbons (Fsp3) is 0.250. The zero-order valence-electron chi connectivity index (χ0n) is 3.84. The third-order valence-electron chi connectivity index (χ3n) is 0.638. The minimum atomic E-state index is -0.648. The molecule has 0 spiro atoms. The summed E-state index contributed by atoms with van der Waals surface area (Å²) in [6.45, 7) is 0. The molecule has 1 rings (SSSR count). The first-order valence-corrected chi connectivity index (χ1v) is 2.85. The zero-order chi connectivity index (χ0) is 5.98. The van der Waals surface area contributed by atoms with E-state index in [4.69, 9.17) is 27.6 Å². The van der Waals surface area contributed by atoms with Crippen LogP contribution < -0.4 is 0 Å². The van der Waals surface area contributed by atoms with Crippen LogP contribution in [0.5, 0.6) is 0 Å². The van der Waals surface area contributed by atoms with Gasteiger partial charge >= 0.3 is 0 Å². The van der Waals surface area contributed by atoms with Crippen molar-refractivity contribution in [2.75, 3.05) is 0 Å². The van der Waals surface area contributed by atoms with E-state index in [2.05, 4.69) is 4.98 Å². The molecule has 8 heavy (non-hydrogen) atoms. The van der Waals surface area contributed by atoms with Crippen LogP contribution >= 0.6 is 23.2 Å². The average molecular weight is 152 g/mol. The molecule has 0 saturated heterocycles. The van der Waals surface area contributed by atoms with Crippen LogP contribution in [0.15, 0.2) is 16.9 Å². The molecule has 0 aliphatic heterocycles. The summed E-state index contributed by atoms with van der Waals surface area (Å²) >= 11 is 10.7. The van der Waals surface area contributed by atoms with Crippen molar-refractivity contribution < 1.29 is 4.42 Å². The van der Waals surface area contributed by atoms with Gasteiger partial charge in [-0.3, -0.25) is 0 Å². The van der Waals surface area contributed by atoms with Crippen molar-refractivity contribution in [2.45, 2.75) is 4.84 Å². The Hall–Kier alpha value is -0.210. The second-order valence-corrected chi connectivity index (χ2v) is 2.27. The summed E-state index contributed by atoms with van der Waals surface area (Å²) in [4.78, 5) is 3.04. The molecule has 0 aromatic carbocycles. The van der Waals surface area contributed by atoms with Gasteiger partial charge in [0.25, 0.3) is 0 Å². The lowest BCUT2D eigenvalue weighted by Crippen LogP contribution is -1.76. The molecule has 0 atom stereocenters. The Morgan fingerprint density at radius 1 is 1.62 bits per heavy atom. The van der Waals surface area contributed by atoms with Crippen molar-refractivity contribution in [3.8, 4) is 0 Å². The topological polar surface area (TPSA) is 26.0 Å². The highest BCUT2D eigenvalue weighted by Gasteiger charge is 2.05. The van der Waals surface area contributed by atoms with E-state index >= 15 is 0 Å². The summed E-state index contributed by atoms with van der Waals surface area (Å²) in [6.07, 6.45) is 2.92. The van der Waals surface area contributed by atoms with E-state index in [1.807, 2.05) is 0 Å². The molecule has 0 aliphatic rings. The van der Waals surface area contributed by atoms with Gasteiger partial charge in [0, 0.05) is 0 Å². The van der Waals surface area contributed by atoms with Gasteiger partial charge in [0.2, 0.25) is 5.89 Å². The van der Waals surface area contributed by atoms with Crippen LogP contribution in [0.25, 0.3) is 0 Å². The fourth-order valence-electron chi connectivity index (χ4n) is 0.342. The Morgan fingerprint density at radius 3 is 2.62 bits per heavy atom. The first-order chi connectivity index (χ1) is 3.80. The fourth-order valence-corrected chi connectivity index (χ4v) is 0.558. The van der Waals surface area contributed by atoms with E-state index < -0.39 is 4.84 Å². The smallest absolute Gasteiger partial charge is 0.227 e. The standard InChI is InChI=1S/C4H3Cl2NO/c5-3(6)4-7-1-2-8-4/h1-3H. The lowest BCUT2D eigenvalue weighted by atomic mass is 10.8. The van der Waals surface area contributed by atoms with Crippen molar-refractivity contribution in [3.05, 3.63) is 18.4 Å². The first-order valence-electron chi connectivity index (χ1n) is 1.98. The predicted octanol–water partition coefficient (Wildman–Crippen LogP) is 2.15. The van der Waals surface area contributed by atoms with Gasteiger partial charge in [0.05, 0.1) is 6.20 Å². The molecule has 1 aromatic heterocycles. The average Bonchev–Trinajstić information content (AvgIpc) is 2.12. The largest absolute Gasteiger partial charge is 0.446 e. The number of hydrogen-bond acceptors (Lipinski definition) is 2. The molecule has 1 aromatic rings. The second kappa shape index (κ2) is 2.37. The normalized spacial score (nSPS) is 10.4. The second-order valence-electron chi connectivity index (χ2n) is 1.17. The molecule has 0 radical (unpaired) electrons. The van der Waals surface area contributed by atoms with E-state index in [1.165, 1.54) is 12.5 Å². The Morgan fingerprint density at radius 2 is 2.38 bits per heavy atom. The van der Waals surface area contributed by atoms with Crippen molar-refractivity contribution in [3.63, 3.8) is 0 Å². The van der Waals surface area contributed by atoms with Gasteiger partial charge in [-0.2, -0.15) is 0 Å². The van der Waals surface area contributed by atoms with Crippen LogP contribution in [-0.4, -0.2) is 4.98 Å². The van der Waals surface area contributed by atoms with Crippen molar-refractivity contribution in [1.82, 2.24) is 4.98 Å². The van der Waals surface area contributed by atoms with Crippen molar-refractivity contribution >= 4 is 23.2 Å². The third-order valence-corrected chi connectivity index (χ3v) is 1.01. The monoisotopic (exact) mass is 151 g/mol. The van der Waals surface area contributed by atoms with Gasteiger partial charge in [-0.15, -0.1) is 0 Å². The van der Waals surface area contributed by atoms with E-state index in [9.17, 15) is 0 Å². The molecule has 0 saturated carbocycles. The Balaban J connectivity index is 2.77. The zero-order valence-corrected chi connectivity index (χ0v) is 5.36. The van der Waals surface area contributed by atoms with Gasteiger partial charge in [-0.1, -0.05) is 23.2 Å². The summed E-state index contributed by atoms with van der Waals surface area (Å²) in [5, 5.41) is 0. The van der Waals surface area contributed by atoms with E-state index in [0.717, 1.165) is 0 Å². The summed E-state index contributed by atoms with van der Waals surface area (Å²) in [5.74, 6) is 0.341. The molecular weight excluding hydrogens is 149 g/mol. The minimum absolute atomic E-state index is 0.341. The predicted molar refractivity (Wildman–Crippen MR) is 30.9 cm³/mol. The molecule has 44 valence electrons. The molecule has 0 aliphatic carbocycles. The van der Waals surface area contributed by atoms with Crippen molar-refractivity contribution in [1.29, 1.82) is 0 Å². The first kappa shape index (κ1) is 5.92. The summed E-state index contributed by atoms with van der Waals surface area (Å²) in [5.41, 5.74) is 0. The number of alkyl halides is 2. The molecule has 0 bridgehead atoms. The summed E-state index contributed by atoms with van der Waals surface area (Å²) < 4.78 is 4.72. The number of oxazole rings is 1. The number of rotatable bonds is 1. The van der Waals surface area contributed by atoms with E-state index in [0.29, 0.717) is 5.89 Å². The SMILES string of the molecule is ClC(Cl)c1ncco1. The number of hydrogen-bond donors (Lipinski definition) is 0. The van der Waals surface area contributed by atoms with Crippen LogP contribution in [0.4, 0.5) is 0 Å². The van der Waals surface area contributed by atoms with E-state index in [-0.39, 0.29) is 0 Å². The molecule has 4 heteroatoms. The molecule has 0 N–H and O–H groups in total. The highest BCUT2D eigenvalue weighted by Crippen LogP contribution is 2.21. The lowest BCUT2D eigenvalue weighted by molar-refractivity contribution is 0.512. The molecule has 0 fully saturated rings. The molecule has 2 nitrogen and oxygen atoms in total. The van der Waals surface area contributed by atoms with Crippen LogP contribution in [0.1, 0.15) is 10.7 Å². The molecule has 0 unspecified atom stereocenters. The van der Waals surface area contributed by atoms with Crippen LogP contribution in [0.2, 0.25) is 0 Å². The summed E-state index contributed by atoms with van der Waals surface area (Å²) in [7, 11) is 0. The maximum Gasteiger partial charge on any atom is 0.227 e. The Bertz CT molecular complexity index is 149. The maximum atomic E-state index is 5.35. The number of halogens is 2. The molecular formula is C4H3Cl2NO. The van der Waals surface area contributed by atoms with Crippen molar-refractivity contribution in [2.24, 2.45) is 0 Å². The van der Waals surface area contributed by atoms with Crippen LogP contribution in [0.3, 0.4) is 0 Å². The van der Waals surface area contributed by atoms with Gasteiger partial charge < -0.3 is 4.42 Å². The highest BCUT2D eigenvalue weighted by atomic mass is 35.5. The van der Waals surface area contributed by atoms with Gasteiger partial charge in [0.15, 0.2) is 4.84 Å². The van der Waals surface area contributed by atoms with Gasteiger partial charge in [-0.05, 0) is 0 Å². The van der Waals surface area contributed by atoms with E-state index in [1.54, 1.807) is 0 Å². The molecule has 1 heterocycles. The van der Waals surface area contributed by atoms with Crippen LogP contribution in [0, 0.1) is 0 Å². The number of aromatic nitrogens is 1. The lowest BCUT2D eigenvalue weighted by Gasteiger charge is -1.87. The Labute approximate surface area is 56.4 Å². The summed E-state index contributed by atoms with van der Waals surface area (Å²) in [6, 6.07) is 0. The highest BCUT2D eigenvalue weighted by molar-refractivity contribution is 6.43. The quantitative estimate of drug-likeness (QED) is 0.576. The van der Waals surface area contributed by atoms with Gasteiger partial charge in [-0.25, -0.2) is 4.98 Å². The minimum Gasteiger partial charge on any atom is -0.446 e. The Kier molecular flexibility index (Phi) is 1.76.